The van der Waals surface area contributed by atoms with E-state index < -0.39 is 5.97 Å². The third-order valence-electron chi connectivity index (χ3n) is 3.16. The van der Waals surface area contributed by atoms with Crippen molar-refractivity contribution in [1.82, 2.24) is 0 Å². The summed E-state index contributed by atoms with van der Waals surface area (Å²) in [5.41, 5.74) is 9.64. The van der Waals surface area contributed by atoms with Crippen LogP contribution in [-0.4, -0.2) is 20.2 Å². The summed E-state index contributed by atoms with van der Waals surface area (Å²) in [7, 11) is 2.88. The van der Waals surface area contributed by atoms with Crippen LogP contribution in [-0.2, 0) is 4.74 Å². The molecule has 0 saturated carbocycles. The number of methoxy groups -OCH3 is 2. The molecule has 0 aliphatic carbocycles. The Labute approximate surface area is 118 Å². The van der Waals surface area contributed by atoms with Gasteiger partial charge in [0.15, 0.2) is 0 Å². The number of aryl methyl sites for hydroxylation is 1. The van der Waals surface area contributed by atoms with E-state index in [1.807, 2.05) is 37.3 Å². The SMILES string of the molecule is COC(=O)c1cc(-c2ccccc2N)cc(C)c1OC. The van der Waals surface area contributed by atoms with E-state index in [1.165, 1.54) is 14.2 Å². The van der Waals surface area contributed by atoms with Crippen LogP contribution in [0.2, 0.25) is 0 Å². The van der Waals surface area contributed by atoms with E-state index in [2.05, 4.69) is 0 Å². The Balaban J connectivity index is 2.65. The van der Waals surface area contributed by atoms with Gasteiger partial charge in [-0.05, 0) is 36.2 Å². The number of nitrogen functional groups attached to an aromatic ring is 1. The van der Waals surface area contributed by atoms with Crippen molar-refractivity contribution in [2.45, 2.75) is 6.92 Å². The number of esters is 1. The molecule has 0 bridgehead atoms. The standard InChI is InChI=1S/C16H17NO3/c1-10-8-11(12-6-4-5-7-14(12)17)9-13(15(10)19-2)16(18)20-3/h4-9H,17H2,1-3H3. The van der Waals surface area contributed by atoms with Gasteiger partial charge in [0.25, 0.3) is 0 Å². The van der Waals surface area contributed by atoms with Gasteiger partial charge in [0.2, 0.25) is 0 Å². The van der Waals surface area contributed by atoms with Crippen molar-refractivity contribution in [1.29, 1.82) is 0 Å². The van der Waals surface area contributed by atoms with E-state index in [-0.39, 0.29) is 0 Å². The van der Waals surface area contributed by atoms with Gasteiger partial charge in [-0.1, -0.05) is 18.2 Å². The zero-order valence-electron chi connectivity index (χ0n) is 11.8. The molecule has 0 unspecified atom stereocenters. The quantitative estimate of drug-likeness (QED) is 0.688. The van der Waals surface area contributed by atoms with Crippen LogP contribution in [0.5, 0.6) is 5.75 Å². The van der Waals surface area contributed by atoms with Gasteiger partial charge < -0.3 is 15.2 Å². The molecule has 104 valence electrons. The average Bonchev–Trinajstić information content (AvgIpc) is 2.46. The number of ether oxygens (including phenoxy) is 2. The Morgan fingerprint density at radius 2 is 1.85 bits per heavy atom. The van der Waals surface area contributed by atoms with Crippen molar-refractivity contribution >= 4 is 11.7 Å². The van der Waals surface area contributed by atoms with Gasteiger partial charge in [-0.2, -0.15) is 0 Å². The van der Waals surface area contributed by atoms with E-state index in [4.69, 9.17) is 15.2 Å². The minimum Gasteiger partial charge on any atom is -0.496 e. The van der Waals surface area contributed by atoms with Crippen LogP contribution in [0.15, 0.2) is 36.4 Å². The second-order valence-electron chi connectivity index (χ2n) is 4.45. The number of carbonyl (C=O) groups excluding carboxylic acids is 1. The maximum Gasteiger partial charge on any atom is 0.341 e. The van der Waals surface area contributed by atoms with Gasteiger partial charge in [0.1, 0.15) is 11.3 Å². The van der Waals surface area contributed by atoms with Crippen LogP contribution >= 0.6 is 0 Å². The van der Waals surface area contributed by atoms with E-state index in [9.17, 15) is 4.79 Å². The first-order valence-corrected chi connectivity index (χ1v) is 6.20. The Hall–Kier alpha value is -2.49. The Bertz CT molecular complexity index is 650. The largest absolute Gasteiger partial charge is 0.496 e. The fraction of sp³-hybridized carbons (Fsp3) is 0.188. The summed E-state index contributed by atoms with van der Waals surface area (Å²) in [6.45, 7) is 1.88. The average molecular weight is 271 g/mol. The number of benzene rings is 2. The predicted octanol–water partition coefficient (Wildman–Crippen LogP) is 3.04. The molecule has 2 rings (SSSR count). The highest BCUT2D eigenvalue weighted by Gasteiger charge is 2.17. The van der Waals surface area contributed by atoms with Crippen LogP contribution in [0.1, 0.15) is 15.9 Å². The molecular formula is C16H17NO3. The summed E-state index contributed by atoms with van der Waals surface area (Å²) in [5.74, 6) is 0.0939. The van der Waals surface area contributed by atoms with Gasteiger partial charge >= 0.3 is 5.97 Å². The van der Waals surface area contributed by atoms with E-state index in [0.717, 1.165) is 16.7 Å². The molecule has 0 fully saturated rings. The third-order valence-corrected chi connectivity index (χ3v) is 3.16. The monoisotopic (exact) mass is 271 g/mol. The molecule has 0 atom stereocenters. The van der Waals surface area contributed by atoms with E-state index in [0.29, 0.717) is 17.0 Å². The minimum absolute atomic E-state index is 0.397. The lowest BCUT2D eigenvalue weighted by Crippen LogP contribution is -2.06. The fourth-order valence-electron chi connectivity index (χ4n) is 2.22. The van der Waals surface area contributed by atoms with Crippen LogP contribution < -0.4 is 10.5 Å². The second kappa shape index (κ2) is 5.65. The molecule has 2 aromatic carbocycles. The van der Waals surface area contributed by atoms with Crippen LogP contribution in [0.4, 0.5) is 5.69 Å². The summed E-state index contributed by atoms with van der Waals surface area (Å²) in [5, 5.41) is 0. The lowest BCUT2D eigenvalue weighted by molar-refractivity contribution is 0.0597. The summed E-state index contributed by atoms with van der Waals surface area (Å²) < 4.78 is 10.1. The van der Waals surface area contributed by atoms with Crippen LogP contribution in [0.25, 0.3) is 11.1 Å². The normalized spacial score (nSPS) is 10.2. The Kier molecular flexibility index (Phi) is 3.94. The topological polar surface area (TPSA) is 61.5 Å². The van der Waals surface area contributed by atoms with Gasteiger partial charge in [-0.25, -0.2) is 4.79 Å². The summed E-state index contributed by atoms with van der Waals surface area (Å²) in [4.78, 5) is 11.9. The molecule has 0 saturated heterocycles. The molecule has 0 aromatic heterocycles. The molecule has 2 N–H and O–H groups in total. The summed E-state index contributed by atoms with van der Waals surface area (Å²) in [6, 6.07) is 11.2. The smallest absolute Gasteiger partial charge is 0.341 e. The van der Waals surface area contributed by atoms with Crippen molar-refractivity contribution in [3.8, 4) is 16.9 Å². The van der Waals surface area contributed by atoms with Crippen molar-refractivity contribution in [3.05, 3.63) is 47.5 Å². The van der Waals surface area contributed by atoms with Crippen molar-refractivity contribution < 1.29 is 14.3 Å². The van der Waals surface area contributed by atoms with Crippen molar-refractivity contribution in [2.75, 3.05) is 20.0 Å². The Morgan fingerprint density at radius 1 is 1.15 bits per heavy atom. The number of anilines is 1. The lowest BCUT2D eigenvalue weighted by Gasteiger charge is -2.13. The Morgan fingerprint density at radius 3 is 2.45 bits per heavy atom. The highest BCUT2D eigenvalue weighted by Crippen LogP contribution is 2.33. The molecular weight excluding hydrogens is 254 g/mol. The molecule has 4 heteroatoms. The number of nitrogens with two attached hydrogens (primary N) is 1. The second-order valence-corrected chi connectivity index (χ2v) is 4.45. The van der Waals surface area contributed by atoms with E-state index >= 15 is 0 Å². The molecule has 0 spiro atoms. The zero-order valence-corrected chi connectivity index (χ0v) is 11.8. The predicted molar refractivity (Wildman–Crippen MR) is 78.9 cm³/mol. The molecule has 0 aliphatic rings. The van der Waals surface area contributed by atoms with Crippen LogP contribution in [0, 0.1) is 6.92 Å². The van der Waals surface area contributed by atoms with Gasteiger partial charge in [-0.3, -0.25) is 0 Å². The molecule has 0 radical (unpaired) electrons. The van der Waals surface area contributed by atoms with Gasteiger partial charge in [-0.15, -0.1) is 0 Å². The van der Waals surface area contributed by atoms with E-state index in [1.54, 1.807) is 6.07 Å². The molecule has 0 heterocycles. The molecule has 4 nitrogen and oxygen atoms in total. The number of para-hydroxylation sites is 1. The number of rotatable bonds is 3. The fourth-order valence-corrected chi connectivity index (χ4v) is 2.22. The van der Waals surface area contributed by atoms with Crippen molar-refractivity contribution in [2.24, 2.45) is 0 Å². The van der Waals surface area contributed by atoms with Crippen molar-refractivity contribution in [3.63, 3.8) is 0 Å². The molecule has 2 aromatic rings. The first kappa shape index (κ1) is 13.9. The molecule has 0 aliphatic heterocycles. The maximum absolute atomic E-state index is 11.9. The van der Waals surface area contributed by atoms with Gasteiger partial charge in [0, 0.05) is 11.3 Å². The zero-order chi connectivity index (χ0) is 14.7. The summed E-state index contributed by atoms with van der Waals surface area (Å²) in [6.07, 6.45) is 0. The number of hydrogen-bond acceptors (Lipinski definition) is 4. The first-order chi connectivity index (χ1) is 9.58. The third kappa shape index (κ3) is 2.45. The highest BCUT2D eigenvalue weighted by molar-refractivity contribution is 5.95. The minimum atomic E-state index is -0.429. The van der Waals surface area contributed by atoms with Gasteiger partial charge in [0.05, 0.1) is 14.2 Å². The maximum atomic E-state index is 11.9. The lowest BCUT2D eigenvalue weighted by atomic mass is 9.98. The highest BCUT2D eigenvalue weighted by atomic mass is 16.5. The number of hydrogen-bond donors (Lipinski definition) is 1. The molecule has 20 heavy (non-hydrogen) atoms. The summed E-state index contributed by atoms with van der Waals surface area (Å²) >= 11 is 0. The first-order valence-electron chi connectivity index (χ1n) is 6.20. The molecule has 0 amide bonds. The van der Waals surface area contributed by atoms with Crippen LogP contribution in [0.3, 0.4) is 0 Å². The number of carbonyl (C=O) groups is 1.